The Morgan fingerprint density at radius 3 is 2.04 bits per heavy atom. The van der Waals surface area contributed by atoms with E-state index in [0.29, 0.717) is 13.1 Å². The highest BCUT2D eigenvalue weighted by Gasteiger charge is 2.15. The minimum Gasteiger partial charge on any atom is -0.468 e. The molecule has 1 N–H and O–H groups in total. The zero-order chi connectivity index (χ0) is 16.8. The van der Waals surface area contributed by atoms with Gasteiger partial charge in [-0.15, -0.1) is 0 Å². The van der Waals surface area contributed by atoms with Crippen molar-refractivity contribution >= 4 is 34.2 Å². The Morgan fingerprint density at radius 2 is 1.54 bits per heavy atom. The molecule has 3 aromatic rings. The Labute approximate surface area is 153 Å². The summed E-state index contributed by atoms with van der Waals surface area (Å²) in [7, 11) is 0. The fraction of sp³-hybridized carbons (Fsp3) is 0.167. The van der Waals surface area contributed by atoms with Gasteiger partial charge in [0.05, 0.1) is 32.2 Å². The lowest BCUT2D eigenvalue weighted by atomic mass is 10.3. The molecule has 0 aliphatic carbocycles. The van der Waals surface area contributed by atoms with Crippen molar-refractivity contribution in [3.05, 3.63) is 76.1 Å². The third-order valence-electron chi connectivity index (χ3n) is 3.41. The van der Waals surface area contributed by atoms with Gasteiger partial charge >= 0.3 is 0 Å². The average Bonchev–Trinajstić information content (AvgIpc) is 3.23. The third kappa shape index (κ3) is 4.97. The lowest BCUT2D eigenvalue weighted by Crippen LogP contribution is -2.32. The van der Waals surface area contributed by atoms with Crippen LogP contribution in [0.5, 0.6) is 0 Å². The number of amides is 1. The van der Waals surface area contributed by atoms with E-state index in [2.05, 4.69) is 27.9 Å². The highest BCUT2D eigenvalue weighted by molar-refractivity contribution is 14.1. The highest BCUT2D eigenvalue weighted by atomic mass is 127. The van der Waals surface area contributed by atoms with Gasteiger partial charge in [-0.05, 0) is 71.1 Å². The first kappa shape index (κ1) is 16.8. The number of carbonyl (C=O) groups excluding carboxylic acids is 1. The molecule has 0 fully saturated rings. The largest absolute Gasteiger partial charge is 0.468 e. The minimum atomic E-state index is -0.0747. The lowest BCUT2D eigenvalue weighted by Gasteiger charge is -2.19. The second-order valence-electron chi connectivity index (χ2n) is 5.36. The van der Waals surface area contributed by atoms with Crippen molar-refractivity contribution in [2.75, 3.05) is 11.9 Å². The number of hydrogen-bond donors (Lipinski definition) is 1. The van der Waals surface area contributed by atoms with E-state index in [-0.39, 0.29) is 12.5 Å². The predicted molar refractivity (Wildman–Crippen MR) is 99.3 cm³/mol. The molecular formula is C18H17IN2O3. The van der Waals surface area contributed by atoms with Gasteiger partial charge in [-0.2, -0.15) is 0 Å². The first-order chi connectivity index (χ1) is 11.7. The summed E-state index contributed by atoms with van der Waals surface area (Å²) in [6, 6.07) is 15.2. The lowest BCUT2D eigenvalue weighted by molar-refractivity contribution is -0.117. The molecule has 0 aliphatic heterocycles. The molecular weight excluding hydrogens is 419 g/mol. The molecule has 0 atom stereocenters. The molecule has 1 amide bonds. The molecule has 0 unspecified atom stereocenters. The number of benzene rings is 1. The number of halogens is 1. The minimum absolute atomic E-state index is 0.0747. The Balaban J connectivity index is 1.63. The molecule has 0 radical (unpaired) electrons. The van der Waals surface area contributed by atoms with E-state index in [4.69, 9.17) is 8.83 Å². The van der Waals surface area contributed by atoms with Crippen LogP contribution in [0.3, 0.4) is 0 Å². The average molecular weight is 436 g/mol. The van der Waals surface area contributed by atoms with E-state index in [1.54, 1.807) is 12.5 Å². The van der Waals surface area contributed by atoms with Crippen molar-refractivity contribution in [2.45, 2.75) is 13.1 Å². The van der Waals surface area contributed by atoms with Crippen LogP contribution in [0.4, 0.5) is 5.69 Å². The summed E-state index contributed by atoms with van der Waals surface area (Å²) >= 11 is 2.23. The van der Waals surface area contributed by atoms with Crippen molar-refractivity contribution in [2.24, 2.45) is 0 Å². The second-order valence-corrected chi connectivity index (χ2v) is 6.60. The molecule has 2 aromatic heterocycles. The summed E-state index contributed by atoms with van der Waals surface area (Å²) in [6.07, 6.45) is 3.26. The van der Waals surface area contributed by atoms with Crippen LogP contribution >= 0.6 is 22.6 Å². The summed E-state index contributed by atoms with van der Waals surface area (Å²) in [5.74, 6) is 1.54. The van der Waals surface area contributed by atoms with Crippen molar-refractivity contribution in [3.8, 4) is 0 Å². The Morgan fingerprint density at radius 1 is 0.958 bits per heavy atom. The summed E-state index contributed by atoms with van der Waals surface area (Å²) in [6.45, 7) is 1.31. The fourth-order valence-corrected chi connectivity index (χ4v) is 2.71. The third-order valence-corrected chi connectivity index (χ3v) is 4.13. The topological polar surface area (TPSA) is 58.6 Å². The number of anilines is 1. The first-order valence-electron chi connectivity index (χ1n) is 7.51. The van der Waals surface area contributed by atoms with Gasteiger partial charge in [0.15, 0.2) is 0 Å². The molecule has 2 heterocycles. The SMILES string of the molecule is O=C(CN(Cc1ccco1)Cc1ccco1)Nc1ccc(I)cc1. The van der Waals surface area contributed by atoms with Crippen LogP contribution in [0.1, 0.15) is 11.5 Å². The van der Waals surface area contributed by atoms with Gasteiger partial charge in [0.2, 0.25) is 5.91 Å². The van der Waals surface area contributed by atoms with Gasteiger partial charge in [-0.1, -0.05) is 0 Å². The van der Waals surface area contributed by atoms with Crippen LogP contribution in [0.15, 0.2) is 69.9 Å². The normalized spacial score (nSPS) is 10.9. The fourth-order valence-electron chi connectivity index (χ4n) is 2.35. The zero-order valence-electron chi connectivity index (χ0n) is 12.9. The number of furan rings is 2. The highest BCUT2D eigenvalue weighted by Crippen LogP contribution is 2.13. The quantitative estimate of drug-likeness (QED) is 0.567. The molecule has 1 aromatic carbocycles. The Bertz CT molecular complexity index is 716. The zero-order valence-corrected chi connectivity index (χ0v) is 15.1. The molecule has 0 bridgehead atoms. The van der Waals surface area contributed by atoms with Crippen LogP contribution in [0, 0.1) is 3.57 Å². The van der Waals surface area contributed by atoms with Gasteiger partial charge in [-0.3, -0.25) is 9.69 Å². The van der Waals surface area contributed by atoms with Crippen LogP contribution in [0.25, 0.3) is 0 Å². The van der Waals surface area contributed by atoms with E-state index in [1.165, 1.54) is 0 Å². The maximum absolute atomic E-state index is 12.3. The summed E-state index contributed by atoms with van der Waals surface area (Å²) < 4.78 is 11.9. The van der Waals surface area contributed by atoms with Crippen molar-refractivity contribution in [1.82, 2.24) is 4.90 Å². The van der Waals surface area contributed by atoms with E-state index < -0.39 is 0 Å². The molecule has 0 spiro atoms. The number of rotatable bonds is 7. The van der Waals surface area contributed by atoms with Crippen LogP contribution in [0.2, 0.25) is 0 Å². The van der Waals surface area contributed by atoms with Crippen molar-refractivity contribution in [1.29, 1.82) is 0 Å². The summed E-state index contributed by atoms with van der Waals surface area (Å²) in [5, 5.41) is 2.91. The van der Waals surface area contributed by atoms with E-state index in [0.717, 1.165) is 20.8 Å². The van der Waals surface area contributed by atoms with E-state index in [1.807, 2.05) is 53.4 Å². The molecule has 6 heteroatoms. The smallest absolute Gasteiger partial charge is 0.238 e. The predicted octanol–water partition coefficient (Wildman–Crippen LogP) is 4.12. The van der Waals surface area contributed by atoms with Crippen LogP contribution in [-0.4, -0.2) is 17.4 Å². The summed E-state index contributed by atoms with van der Waals surface area (Å²) in [5.41, 5.74) is 0.788. The van der Waals surface area contributed by atoms with Crippen molar-refractivity contribution in [3.63, 3.8) is 0 Å². The van der Waals surface area contributed by atoms with Crippen molar-refractivity contribution < 1.29 is 13.6 Å². The Kier molecular flexibility index (Phi) is 5.71. The van der Waals surface area contributed by atoms with Gasteiger partial charge in [0, 0.05) is 9.26 Å². The molecule has 124 valence electrons. The second kappa shape index (κ2) is 8.16. The Hall–Kier alpha value is -2.06. The van der Waals surface area contributed by atoms with Gasteiger partial charge in [0.1, 0.15) is 11.5 Å². The number of hydrogen-bond acceptors (Lipinski definition) is 4. The first-order valence-corrected chi connectivity index (χ1v) is 8.59. The molecule has 24 heavy (non-hydrogen) atoms. The molecule has 0 saturated carbocycles. The molecule has 0 saturated heterocycles. The van der Waals surface area contributed by atoms with E-state index in [9.17, 15) is 4.79 Å². The maximum atomic E-state index is 12.3. The number of carbonyl (C=O) groups is 1. The molecule has 3 rings (SSSR count). The monoisotopic (exact) mass is 436 g/mol. The maximum Gasteiger partial charge on any atom is 0.238 e. The number of nitrogens with zero attached hydrogens (tertiary/aromatic N) is 1. The van der Waals surface area contributed by atoms with E-state index >= 15 is 0 Å². The van der Waals surface area contributed by atoms with Crippen LogP contribution in [-0.2, 0) is 17.9 Å². The van der Waals surface area contributed by atoms with Gasteiger partial charge < -0.3 is 14.2 Å². The number of nitrogens with one attached hydrogen (secondary N) is 1. The van der Waals surface area contributed by atoms with Gasteiger partial charge in [0.25, 0.3) is 0 Å². The summed E-state index contributed by atoms with van der Waals surface area (Å²) in [4.78, 5) is 14.3. The standard InChI is InChI=1S/C18H17IN2O3/c19-14-5-7-15(8-6-14)20-18(22)13-21(11-16-3-1-9-23-16)12-17-4-2-10-24-17/h1-10H,11-13H2,(H,20,22). The van der Waals surface area contributed by atoms with Gasteiger partial charge in [-0.25, -0.2) is 0 Å². The van der Waals surface area contributed by atoms with Crippen LogP contribution < -0.4 is 5.32 Å². The molecule has 0 aliphatic rings. The molecule has 5 nitrogen and oxygen atoms in total.